The van der Waals surface area contributed by atoms with Gasteiger partial charge in [-0.15, -0.1) is 0 Å². The second-order valence-electron chi connectivity index (χ2n) is 6.18. The molecule has 0 bridgehead atoms. The van der Waals surface area contributed by atoms with Gasteiger partial charge in [0.1, 0.15) is 5.82 Å². The van der Waals surface area contributed by atoms with Gasteiger partial charge in [-0.25, -0.2) is 4.98 Å². The largest absolute Gasteiger partial charge is 0.325 e. The molecule has 1 aromatic carbocycles. The van der Waals surface area contributed by atoms with Crippen LogP contribution in [0.2, 0.25) is 0 Å². The smallest absolute Gasteiger partial charge is 0.116 e. The van der Waals surface area contributed by atoms with Crippen LogP contribution in [0.25, 0.3) is 11.0 Å². The van der Waals surface area contributed by atoms with Gasteiger partial charge in [0.25, 0.3) is 0 Å². The van der Waals surface area contributed by atoms with E-state index in [1.54, 1.807) is 0 Å². The van der Waals surface area contributed by atoms with Crippen LogP contribution in [-0.2, 0) is 6.42 Å². The standard InChI is InChI=1S/C19H21N3/c1-2-9-16(10-3-1)22-18-12-5-4-11-17(18)21-19(22)14-15-8-6-7-13-20-15/h4-8,11-13,16H,1-3,9-10,14H2. The number of fused-ring (bicyclic) bond motifs is 1. The first kappa shape index (κ1) is 13.5. The summed E-state index contributed by atoms with van der Waals surface area (Å²) in [6.07, 6.45) is 9.26. The molecule has 1 fully saturated rings. The molecule has 0 N–H and O–H groups in total. The maximum absolute atomic E-state index is 4.91. The van der Waals surface area contributed by atoms with Crippen LogP contribution in [0.1, 0.15) is 49.7 Å². The lowest BCUT2D eigenvalue weighted by molar-refractivity contribution is 0.353. The van der Waals surface area contributed by atoms with Gasteiger partial charge in [0.05, 0.1) is 11.0 Å². The number of aromatic nitrogens is 3. The topological polar surface area (TPSA) is 30.7 Å². The van der Waals surface area contributed by atoms with E-state index in [0.29, 0.717) is 6.04 Å². The van der Waals surface area contributed by atoms with Crippen LogP contribution in [0, 0.1) is 0 Å². The van der Waals surface area contributed by atoms with Gasteiger partial charge in [-0.05, 0) is 37.1 Å². The third-order valence-electron chi connectivity index (χ3n) is 4.67. The number of benzene rings is 1. The number of nitrogens with zero attached hydrogens (tertiary/aromatic N) is 3. The first-order valence-electron chi connectivity index (χ1n) is 8.27. The molecule has 1 aliphatic rings. The van der Waals surface area contributed by atoms with Crippen LogP contribution in [0.3, 0.4) is 0 Å². The zero-order chi connectivity index (χ0) is 14.8. The molecular formula is C19H21N3. The van der Waals surface area contributed by atoms with Gasteiger partial charge >= 0.3 is 0 Å². The van der Waals surface area contributed by atoms with E-state index in [1.165, 1.54) is 37.6 Å². The molecule has 0 saturated heterocycles. The molecule has 2 heterocycles. The summed E-state index contributed by atoms with van der Waals surface area (Å²) in [5.41, 5.74) is 3.48. The zero-order valence-corrected chi connectivity index (χ0v) is 12.8. The molecule has 112 valence electrons. The highest BCUT2D eigenvalue weighted by molar-refractivity contribution is 5.76. The van der Waals surface area contributed by atoms with Gasteiger partial charge in [-0.3, -0.25) is 4.98 Å². The minimum absolute atomic E-state index is 0.597. The normalized spacial score (nSPS) is 16.2. The SMILES string of the molecule is c1ccc(Cc2nc3ccccc3n2C2CCCCC2)nc1. The molecule has 0 atom stereocenters. The average molecular weight is 291 g/mol. The molecule has 4 rings (SSSR count). The number of imidazole rings is 1. The molecule has 2 aromatic heterocycles. The van der Waals surface area contributed by atoms with E-state index < -0.39 is 0 Å². The van der Waals surface area contributed by atoms with Crippen molar-refractivity contribution in [3.63, 3.8) is 0 Å². The minimum atomic E-state index is 0.597. The Morgan fingerprint density at radius 3 is 2.59 bits per heavy atom. The van der Waals surface area contributed by atoms with E-state index in [4.69, 9.17) is 4.98 Å². The summed E-state index contributed by atoms with van der Waals surface area (Å²) in [5, 5.41) is 0. The zero-order valence-electron chi connectivity index (χ0n) is 12.8. The van der Waals surface area contributed by atoms with Crippen LogP contribution in [0.5, 0.6) is 0 Å². The number of hydrogen-bond acceptors (Lipinski definition) is 2. The third-order valence-corrected chi connectivity index (χ3v) is 4.67. The summed E-state index contributed by atoms with van der Waals surface area (Å²) in [7, 11) is 0. The highest BCUT2D eigenvalue weighted by Crippen LogP contribution is 2.32. The minimum Gasteiger partial charge on any atom is -0.325 e. The van der Waals surface area contributed by atoms with E-state index in [0.717, 1.165) is 23.5 Å². The Morgan fingerprint density at radius 2 is 1.77 bits per heavy atom. The van der Waals surface area contributed by atoms with Crippen molar-refractivity contribution in [2.24, 2.45) is 0 Å². The fourth-order valence-electron chi connectivity index (χ4n) is 3.63. The summed E-state index contributed by atoms with van der Waals surface area (Å²) in [5.74, 6) is 1.16. The number of pyridine rings is 1. The molecule has 0 radical (unpaired) electrons. The Morgan fingerprint density at radius 1 is 0.955 bits per heavy atom. The molecule has 22 heavy (non-hydrogen) atoms. The van der Waals surface area contributed by atoms with Gasteiger partial charge in [0.2, 0.25) is 0 Å². The Bertz CT molecular complexity index is 755. The molecule has 0 unspecified atom stereocenters. The fourth-order valence-corrected chi connectivity index (χ4v) is 3.63. The summed E-state index contributed by atoms with van der Waals surface area (Å²) in [6, 6.07) is 15.2. The second kappa shape index (κ2) is 5.91. The lowest BCUT2D eigenvalue weighted by atomic mass is 9.95. The van der Waals surface area contributed by atoms with Crippen molar-refractivity contribution in [3.05, 3.63) is 60.2 Å². The Kier molecular flexibility index (Phi) is 3.63. The lowest BCUT2D eigenvalue weighted by Gasteiger charge is -2.25. The summed E-state index contributed by atoms with van der Waals surface area (Å²) in [6.45, 7) is 0. The molecule has 3 aromatic rings. The van der Waals surface area contributed by atoms with E-state index in [1.807, 2.05) is 12.3 Å². The fraction of sp³-hybridized carbons (Fsp3) is 0.368. The van der Waals surface area contributed by atoms with Crippen LogP contribution >= 0.6 is 0 Å². The van der Waals surface area contributed by atoms with Crippen molar-refractivity contribution in [3.8, 4) is 0 Å². The van der Waals surface area contributed by atoms with Crippen molar-refractivity contribution in [1.29, 1.82) is 0 Å². The molecule has 0 amide bonds. The number of para-hydroxylation sites is 2. The van der Waals surface area contributed by atoms with E-state index in [9.17, 15) is 0 Å². The Balaban J connectivity index is 1.79. The second-order valence-corrected chi connectivity index (χ2v) is 6.18. The van der Waals surface area contributed by atoms with Crippen molar-refractivity contribution < 1.29 is 0 Å². The summed E-state index contributed by atoms with van der Waals surface area (Å²) in [4.78, 5) is 9.38. The first-order valence-corrected chi connectivity index (χ1v) is 8.27. The quantitative estimate of drug-likeness (QED) is 0.710. The highest BCUT2D eigenvalue weighted by Gasteiger charge is 2.21. The molecule has 3 nitrogen and oxygen atoms in total. The molecule has 3 heteroatoms. The third kappa shape index (κ3) is 2.52. The van der Waals surface area contributed by atoms with E-state index in [2.05, 4.69) is 45.9 Å². The van der Waals surface area contributed by atoms with Crippen LogP contribution in [0.4, 0.5) is 0 Å². The van der Waals surface area contributed by atoms with Crippen LogP contribution in [0.15, 0.2) is 48.7 Å². The van der Waals surface area contributed by atoms with Gasteiger partial charge < -0.3 is 4.57 Å². The van der Waals surface area contributed by atoms with Crippen molar-refractivity contribution in [2.45, 2.75) is 44.6 Å². The summed E-state index contributed by atoms with van der Waals surface area (Å²) >= 11 is 0. The summed E-state index contributed by atoms with van der Waals surface area (Å²) < 4.78 is 2.49. The molecule has 0 aliphatic heterocycles. The van der Waals surface area contributed by atoms with Crippen molar-refractivity contribution >= 4 is 11.0 Å². The van der Waals surface area contributed by atoms with Gasteiger partial charge in [0, 0.05) is 24.4 Å². The molecule has 1 saturated carbocycles. The highest BCUT2D eigenvalue weighted by atomic mass is 15.1. The molecule has 0 spiro atoms. The van der Waals surface area contributed by atoms with Gasteiger partial charge in [-0.2, -0.15) is 0 Å². The first-order chi connectivity index (χ1) is 10.9. The van der Waals surface area contributed by atoms with Gasteiger partial charge in [0.15, 0.2) is 0 Å². The number of rotatable bonds is 3. The maximum Gasteiger partial charge on any atom is 0.116 e. The lowest BCUT2D eigenvalue weighted by Crippen LogP contribution is -2.16. The molecule has 1 aliphatic carbocycles. The number of hydrogen-bond donors (Lipinski definition) is 0. The Labute approximate surface area is 131 Å². The van der Waals surface area contributed by atoms with Gasteiger partial charge in [-0.1, -0.05) is 37.5 Å². The van der Waals surface area contributed by atoms with Crippen molar-refractivity contribution in [2.75, 3.05) is 0 Å². The van der Waals surface area contributed by atoms with Crippen LogP contribution < -0.4 is 0 Å². The average Bonchev–Trinajstić information content (AvgIpc) is 2.94. The predicted octanol–water partition coefficient (Wildman–Crippen LogP) is 4.53. The van der Waals surface area contributed by atoms with E-state index in [-0.39, 0.29) is 0 Å². The van der Waals surface area contributed by atoms with E-state index >= 15 is 0 Å². The Hall–Kier alpha value is -2.16. The monoisotopic (exact) mass is 291 g/mol. The van der Waals surface area contributed by atoms with Crippen molar-refractivity contribution in [1.82, 2.24) is 14.5 Å². The maximum atomic E-state index is 4.91. The molecular weight excluding hydrogens is 270 g/mol. The predicted molar refractivity (Wildman–Crippen MR) is 88.9 cm³/mol. The van der Waals surface area contributed by atoms with Crippen LogP contribution in [-0.4, -0.2) is 14.5 Å².